The van der Waals surface area contributed by atoms with Crippen LogP contribution >= 0.6 is 0 Å². The van der Waals surface area contributed by atoms with Crippen LogP contribution in [0.4, 0.5) is 0 Å². The van der Waals surface area contributed by atoms with E-state index in [0.717, 1.165) is 19.3 Å². The molecular formula is C16H21NO4. The fourth-order valence-electron chi connectivity index (χ4n) is 2.85. The van der Waals surface area contributed by atoms with Crippen LogP contribution in [0.25, 0.3) is 0 Å². The molecule has 2 atom stereocenters. The Bertz CT molecular complexity index is 541. The summed E-state index contributed by atoms with van der Waals surface area (Å²) in [5.41, 5.74) is 1.10. The molecular weight excluding hydrogens is 270 g/mol. The number of aliphatic carboxylic acids is 1. The van der Waals surface area contributed by atoms with Gasteiger partial charge in [-0.15, -0.1) is 0 Å². The van der Waals surface area contributed by atoms with Crippen molar-refractivity contribution in [1.29, 1.82) is 0 Å². The van der Waals surface area contributed by atoms with Gasteiger partial charge in [0.05, 0.1) is 5.92 Å². The summed E-state index contributed by atoms with van der Waals surface area (Å²) in [4.78, 5) is 23.3. The van der Waals surface area contributed by atoms with E-state index in [1.807, 2.05) is 0 Å². The van der Waals surface area contributed by atoms with Gasteiger partial charge in [-0.2, -0.15) is 0 Å². The molecule has 1 aromatic carbocycles. The standard InChI is InChI=1S/C16H21NO4/c1-10-6-7-11(8-14(10)18)15(19)17-9-12-4-2-3-5-13(12)16(20)21/h6-8,12-13,18H,2-5,9H2,1H3,(H,17,19)(H,20,21). The normalized spacial score (nSPS) is 21.8. The predicted octanol–water partition coefficient (Wildman–Crippen LogP) is 2.32. The van der Waals surface area contributed by atoms with Crippen molar-refractivity contribution in [2.45, 2.75) is 32.6 Å². The summed E-state index contributed by atoms with van der Waals surface area (Å²) < 4.78 is 0. The van der Waals surface area contributed by atoms with Gasteiger partial charge < -0.3 is 15.5 Å². The zero-order chi connectivity index (χ0) is 15.4. The molecule has 3 N–H and O–H groups in total. The first kappa shape index (κ1) is 15.4. The van der Waals surface area contributed by atoms with Gasteiger partial charge in [0.25, 0.3) is 5.91 Å². The first-order valence-corrected chi connectivity index (χ1v) is 7.29. The smallest absolute Gasteiger partial charge is 0.306 e. The van der Waals surface area contributed by atoms with E-state index in [1.165, 1.54) is 6.07 Å². The molecule has 5 nitrogen and oxygen atoms in total. The summed E-state index contributed by atoms with van der Waals surface area (Å²) in [6.45, 7) is 2.13. The number of amides is 1. The number of phenols is 1. The van der Waals surface area contributed by atoms with E-state index < -0.39 is 5.97 Å². The molecule has 2 unspecified atom stereocenters. The highest BCUT2D eigenvalue weighted by molar-refractivity contribution is 5.94. The van der Waals surface area contributed by atoms with Gasteiger partial charge in [0, 0.05) is 12.1 Å². The van der Waals surface area contributed by atoms with E-state index in [9.17, 15) is 19.8 Å². The number of aromatic hydroxyl groups is 1. The minimum Gasteiger partial charge on any atom is -0.508 e. The van der Waals surface area contributed by atoms with Crippen LogP contribution < -0.4 is 5.32 Å². The molecule has 0 spiro atoms. The number of nitrogens with one attached hydrogen (secondary N) is 1. The van der Waals surface area contributed by atoms with E-state index >= 15 is 0 Å². The maximum atomic E-state index is 12.1. The van der Waals surface area contributed by atoms with Crippen LogP contribution in [-0.2, 0) is 4.79 Å². The van der Waals surface area contributed by atoms with Gasteiger partial charge in [0.15, 0.2) is 0 Å². The van der Waals surface area contributed by atoms with Crippen LogP contribution in [0, 0.1) is 18.8 Å². The minimum atomic E-state index is -0.776. The Morgan fingerprint density at radius 1 is 1.29 bits per heavy atom. The number of hydrogen-bond donors (Lipinski definition) is 3. The molecule has 0 radical (unpaired) electrons. The number of benzene rings is 1. The molecule has 1 aliphatic rings. The zero-order valence-electron chi connectivity index (χ0n) is 12.1. The molecule has 1 saturated carbocycles. The van der Waals surface area contributed by atoms with Crippen molar-refractivity contribution in [2.24, 2.45) is 11.8 Å². The summed E-state index contributed by atoms with van der Waals surface area (Å²) in [5, 5.41) is 21.6. The number of aryl methyl sites for hydroxylation is 1. The molecule has 21 heavy (non-hydrogen) atoms. The number of rotatable bonds is 4. The lowest BCUT2D eigenvalue weighted by Crippen LogP contribution is -2.37. The van der Waals surface area contributed by atoms with Crippen LogP contribution in [-0.4, -0.2) is 28.6 Å². The van der Waals surface area contributed by atoms with Gasteiger partial charge in [0.2, 0.25) is 0 Å². The largest absolute Gasteiger partial charge is 0.508 e. The SMILES string of the molecule is Cc1ccc(C(=O)NCC2CCCCC2C(=O)O)cc1O. The number of carboxylic acids is 1. The first-order chi connectivity index (χ1) is 9.99. The summed E-state index contributed by atoms with van der Waals surface area (Å²) in [7, 11) is 0. The Hall–Kier alpha value is -2.04. The summed E-state index contributed by atoms with van der Waals surface area (Å²) in [5.74, 6) is -1.35. The van der Waals surface area contributed by atoms with Crippen molar-refractivity contribution in [1.82, 2.24) is 5.32 Å². The molecule has 2 rings (SSSR count). The third-order valence-corrected chi connectivity index (χ3v) is 4.22. The van der Waals surface area contributed by atoms with Gasteiger partial charge >= 0.3 is 5.97 Å². The number of carbonyl (C=O) groups is 2. The molecule has 1 aliphatic carbocycles. The molecule has 5 heteroatoms. The lowest BCUT2D eigenvalue weighted by atomic mass is 9.79. The molecule has 0 heterocycles. The lowest BCUT2D eigenvalue weighted by molar-refractivity contribution is -0.144. The Balaban J connectivity index is 1.96. The highest BCUT2D eigenvalue weighted by Crippen LogP contribution is 2.29. The van der Waals surface area contributed by atoms with Crippen molar-refractivity contribution in [3.63, 3.8) is 0 Å². The van der Waals surface area contributed by atoms with E-state index in [2.05, 4.69) is 5.32 Å². The van der Waals surface area contributed by atoms with Gasteiger partial charge in [-0.05, 0) is 43.4 Å². The summed E-state index contributed by atoms with van der Waals surface area (Å²) in [6, 6.07) is 4.77. The number of hydrogen-bond acceptors (Lipinski definition) is 3. The Morgan fingerprint density at radius 2 is 2.00 bits per heavy atom. The van der Waals surface area contributed by atoms with Crippen molar-refractivity contribution in [3.05, 3.63) is 29.3 Å². The van der Waals surface area contributed by atoms with E-state index in [1.54, 1.807) is 19.1 Å². The number of carboxylic acid groups (broad SMARTS) is 1. The fourth-order valence-corrected chi connectivity index (χ4v) is 2.85. The molecule has 1 fully saturated rings. The summed E-state index contributed by atoms with van der Waals surface area (Å²) >= 11 is 0. The molecule has 0 aliphatic heterocycles. The monoisotopic (exact) mass is 291 g/mol. The van der Waals surface area contributed by atoms with Crippen LogP contribution in [0.2, 0.25) is 0 Å². The number of carbonyl (C=O) groups excluding carboxylic acids is 1. The first-order valence-electron chi connectivity index (χ1n) is 7.29. The minimum absolute atomic E-state index is 0.0146. The highest BCUT2D eigenvalue weighted by Gasteiger charge is 2.30. The number of phenolic OH excluding ortho intramolecular Hbond substituents is 1. The van der Waals surface area contributed by atoms with E-state index in [0.29, 0.717) is 24.1 Å². The molecule has 0 saturated heterocycles. The Morgan fingerprint density at radius 3 is 2.67 bits per heavy atom. The van der Waals surface area contributed by atoms with Gasteiger partial charge in [-0.3, -0.25) is 9.59 Å². The maximum Gasteiger partial charge on any atom is 0.306 e. The van der Waals surface area contributed by atoms with Crippen LogP contribution in [0.5, 0.6) is 5.75 Å². The second kappa shape index (κ2) is 6.61. The fraction of sp³-hybridized carbons (Fsp3) is 0.500. The molecule has 0 aromatic heterocycles. The van der Waals surface area contributed by atoms with Crippen molar-refractivity contribution in [3.8, 4) is 5.75 Å². The molecule has 1 aromatic rings. The quantitative estimate of drug-likeness (QED) is 0.794. The molecule has 0 bridgehead atoms. The highest BCUT2D eigenvalue weighted by atomic mass is 16.4. The second-order valence-corrected chi connectivity index (χ2v) is 5.70. The van der Waals surface area contributed by atoms with Crippen molar-refractivity contribution in [2.75, 3.05) is 6.54 Å². The third kappa shape index (κ3) is 3.74. The molecule has 114 valence electrons. The van der Waals surface area contributed by atoms with Crippen LogP contribution in [0.15, 0.2) is 18.2 Å². The van der Waals surface area contributed by atoms with Gasteiger partial charge in [-0.1, -0.05) is 18.9 Å². The second-order valence-electron chi connectivity index (χ2n) is 5.70. The van der Waals surface area contributed by atoms with Crippen LogP contribution in [0.1, 0.15) is 41.6 Å². The summed E-state index contributed by atoms with van der Waals surface area (Å²) in [6.07, 6.45) is 3.46. The average Bonchev–Trinajstić information content (AvgIpc) is 2.47. The van der Waals surface area contributed by atoms with Gasteiger partial charge in [-0.25, -0.2) is 0 Å². The van der Waals surface area contributed by atoms with E-state index in [4.69, 9.17) is 0 Å². The molecule has 1 amide bonds. The van der Waals surface area contributed by atoms with Crippen LogP contribution in [0.3, 0.4) is 0 Å². The van der Waals surface area contributed by atoms with E-state index in [-0.39, 0.29) is 23.5 Å². The lowest BCUT2D eigenvalue weighted by Gasteiger charge is -2.28. The van der Waals surface area contributed by atoms with Crippen molar-refractivity contribution >= 4 is 11.9 Å². The third-order valence-electron chi connectivity index (χ3n) is 4.22. The zero-order valence-corrected chi connectivity index (χ0v) is 12.1. The predicted molar refractivity (Wildman–Crippen MR) is 78.3 cm³/mol. The topological polar surface area (TPSA) is 86.6 Å². The van der Waals surface area contributed by atoms with Crippen molar-refractivity contribution < 1.29 is 19.8 Å². The Kier molecular flexibility index (Phi) is 4.83. The van der Waals surface area contributed by atoms with Gasteiger partial charge in [0.1, 0.15) is 5.75 Å². The maximum absolute atomic E-state index is 12.1. The average molecular weight is 291 g/mol. The Labute approximate surface area is 124 Å².